The van der Waals surface area contributed by atoms with Crippen molar-refractivity contribution in [3.8, 4) is 5.75 Å². The molecule has 0 bridgehead atoms. The Bertz CT molecular complexity index is 795. The van der Waals surface area contributed by atoms with Crippen molar-refractivity contribution in [2.24, 2.45) is 0 Å². The molecule has 0 unspecified atom stereocenters. The molecule has 0 atom stereocenters. The van der Waals surface area contributed by atoms with Crippen LogP contribution in [0.1, 0.15) is 22.3 Å². The molecule has 0 heterocycles. The molecule has 0 aliphatic carbocycles. The van der Waals surface area contributed by atoms with Crippen LogP contribution in [-0.4, -0.2) is 37.4 Å². The van der Waals surface area contributed by atoms with Crippen LogP contribution in [0.5, 0.6) is 5.75 Å². The van der Waals surface area contributed by atoms with E-state index in [1.54, 1.807) is 14.2 Å². The number of rotatable bonds is 6. The van der Waals surface area contributed by atoms with Gasteiger partial charge in [0.05, 0.1) is 20.1 Å². The highest BCUT2D eigenvalue weighted by Crippen LogP contribution is 2.21. The van der Waals surface area contributed by atoms with Crippen LogP contribution in [0.15, 0.2) is 36.4 Å². The third-order valence-electron chi connectivity index (χ3n) is 4.33. The van der Waals surface area contributed by atoms with E-state index >= 15 is 0 Å². The molecule has 0 aromatic heterocycles. The highest BCUT2D eigenvalue weighted by Gasteiger charge is 2.16. The SMILES string of the molecule is COc1ccc(C)cc1CC(=O)N(C)CC(=O)Nc1c(C)cccc1C. The number of methoxy groups -OCH3 is 1. The summed E-state index contributed by atoms with van der Waals surface area (Å²) in [4.78, 5) is 26.3. The second-order valence-corrected chi connectivity index (χ2v) is 6.56. The first-order valence-corrected chi connectivity index (χ1v) is 8.55. The van der Waals surface area contributed by atoms with E-state index in [1.807, 2.05) is 57.2 Å². The normalized spacial score (nSPS) is 10.3. The van der Waals surface area contributed by atoms with Gasteiger partial charge in [-0.1, -0.05) is 35.9 Å². The summed E-state index contributed by atoms with van der Waals surface area (Å²) in [6.07, 6.45) is 0.192. The van der Waals surface area contributed by atoms with Crippen molar-refractivity contribution < 1.29 is 14.3 Å². The van der Waals surface area contributed by atoms with Crippen molar-refractivity contribution in [1.29, 1.82) is 0 Å². The van der Waals surface area contributed by atoms with E-state index < -0.39 is 0 Å². The quantitative estimate of drug-likeness (QED) is 0.866. The van der Waals surface area contributed by atoms with Gasteiger partial charge in [0.25, 0.3) is 0 Å². The van der Waals surface area contributed by atoms with Crippen molar-refractivity contribution >= 4 is 17.5 Å². The molecule has 5 heteroatoms. The minimum absolute atomic E-state index is 0.000733. The maximum Gasteiger partial charge on any atom is 0.243 e. The Labute approximate surface area is 155 Å². The number of para-hydroxylation sites is 1. The molecule has 1 N–H and O–H groups in total. The van der Waals surface area contributed by atoms with E-state index in [2.05, 4.69) is 5.32 Å². The molecule has 2 aromatic carbocycles. The molecule has 2 rings (SSSR count). The first kappa shape index (κ1) is 19.5. The Kier molecular flexibility index (Phi) is 6.39. The summed E-state index contributed by atoms with van der Waals surface area (Å²) >= 11 is 0. The Balaban J connectivity index is 2.01. The molecule has 0 aliphatic rings. The van der Waals surface area contributed by atoms with Crippen molar-refractivity contribution in [3.05, 3.63) is 58.7 Å². The first-order valence-electron chi connectivity index (χ1n) is 8.55. The number of hydrogen-bond acceptors (Lipinski definition) is 3. The van der Waals surface area contributed by atoms with Crippen molar-refractivity contribution in [1.82, 2.24) is 4.90 Å². The van der Waals surface area contributed by atoms with Crippen LogP contribution in [0.2, 0.25) is 0 Å². The summed E-state index contributed by atoms with van der Waals surface area (Å²) in [6.45, 7) is 5.86. The standard InChI is InChI=1S/C21H26N2O3/c1-14-9-10-18(26-5)17(11-14)12-20(25)23(4)13-19(24)22-21-15(2)7-6-8-16(21)3/h6-11H,12-13H2,1-5H3,(H,22,24). The average molecular weight is 354 g/mol. The van der Waals surface area contributed by atoms with E-state index in [4.69, 9.17) is 4.74 Å². The molecule has 0 fully saturated rings. The number of nitrogens with one attached hydrogen (secondary N) is 1. The first-order chi connectivity index (χ1) is 12.3. The number of likely N-dealkylation sites (N-methyl/N-ethyl adjacent to an activating group) is 1. The largest absolute Gasteiger partial charge is 0.496 e. The summed E-state index contributed by atoms with van der Waals surface area (Å²) in [5.74, 6) is 0.331. The summed E-state index contributed by atoms with van der Waals surface area (Å²) in [7, 11) is 3.22. The van der Waals surface area contributed by atoms with Gasteiger partial charge in [-0.25, -0.2) is 0 Å². The van der Waals surface area contributed by atoms with Gasteiger partial charge in [0, 0.05) is 18.3 Å². The number of hydrogen-bond donors (Lipinski definition) is 1. The van der Waals surface area contributed by atoms with E-state index in [0.717, 1.165) is 27.9 Å². The third kappa shape index (κ3) is 4.85. The van der Waals surface area contributed by atoms with Gasteiger partial charge in [-0.15, -0.1) is 0 Å². The van der Waals surface area contributed by atoms with Gasteiger partial charge in [0.15, 0.2) is 0 Å². The summed E-state index contributed by atoms with van der Waals surface area (Å²) < 4.78 is 5.32. The van der Waals surface area contributed by atoms with Crippen molar-refractivity contribution in [3.63, 3.8) is 0 Å². The molecule has 2 aromatic rings. The molecule has 0 spiro atoms. The average Bonchev–Trinajstić information content (AvgIpc) is 2.58. The fourth-order valence-electron chi connectivity index (χ4n) is 2.84. The number of benzene rings is 2. The van der Waals surface area contributed by atoms with Crippen LogP contribution in [0, 0.1) is 20.8 Å². The zero-order valence-electron chi connectivity index (χ0n) is 16.1. The number of aryl methyl sites for hydroxylation is 3. The number of amides is 2. The smallest absolute Gasteiger partial charge is 0.243 e. The molecule has 0 radical (unpaired) electrons. The Morgan fingerprint density at radius 3 is 2.35 bits per heavy atom. The molecule has 2 amide bonds. The lowest BCUT2D eigenvalue weighted by Crippen LogP contribution is -2.36. The number of ether oxygens (including phenoxy) is 1. The molecule has 26 heavy (non-hydrogen) atoms. The lowest BCUT2D eigenvalue weighted by molar-refractivity contribution is -0.132. The maximum atomic E-state index is 12.5. The van der Waals surface area contributed by atoms with Gasteiger partial charge in [0.2, 0.25) is 11.8 Å². The van der Waals surface area contributed by atoms with E-state index in [-0.39, 0.29) is 24.8 Å². The maximum absolute atomic E-state index is 12.5. The third-order valence-corrected chi connectivity index (χ3v) is 4.33. The van der Waals surface area contributed by atoms with Crippen LogP contribution >= 0.6 is 0 Å². The molecular weight excluding hydrogens is 328 g/mol. The second kappa shape index (κ2) is 8.52. The van der Waals surface area contributed by atoms with E-state index in [9.17, 15) is 9.59 Å². The summed E-state index contributed by atoms with van der Waals surface area (Å²) in [6, 6.07) is 11.6. The van der Waals surface area contributed by atoms with Gasteiger partial charge in [-0.3, -0.25) is 9.59 Å². The fraction of sp³-hybridized carbons (Fsp3) is 0.333. The Hall–Kier alpha value is -2.82. The van der Waals surface area contributed by atoms with Gasteiger partial charge >= 0.3 is 0 Å². The number of carbonyl (C=O) groups is 2. The van der Waals surface area contributed by atoms with Crippen LogP contribution in [0.4, 0.5) is 5.69 Å². The number of anilines is 1. The van der Waals surface area contributed by atoms with E-state index in [0.29, 0.717) is 5.75 Å². The molecule has 0 saturated carbocycles. The van der Waals surface area contributed by atoms with Gasteiger partial charge in [-0.05, 0) is 38.0 Å². The molecule has 138 valence electrons. The number of carbonyl (C=O) groups excluding carboxylic acids is 2. The Morgan fingerprint density at radius 2 is 1.73 bits per heavy atom. The lowest BCUT2D eigenvalue weighted by Gasteiger charge is -2.19. The minimum atomic E-state index is -0.213. The molecule has 0 saturated heterocycles. The second-order valence-electron chi connectivity index (χ2n) is 6.56. The van der Waals surface area contributed by atoms with Crippen LogP contribution < -0.4 is 10.1 Å². The van der Waals surface area contributed by atoms with Crippen LogP contribution in [0.25, 0.3) is 0 Å². The topological polar surface area (TPSA) is 58.6 Å². The highest BCUT2D eigenvalue weighted by molar-refractivity contribution is 5.96. The summed E-state index contributed by atoms with van der Waals surface area (Å²) in [5, 5.41) is 2.90. The zero-order valence-corrected chi connectivity index (χ0v) is 16.1. The molecular formula is C21H26N2O3. The van der Waals surface area contributed by atoms with Crippen LogP contribution in [-0.2, 0) is 16.0 Å². The van der Waals surface area contributed by atoms with Crippen molar-refractivity contribution in [2.75, 3.05) is 26.0 Å². The molecule has 5 nitrogen and oxygen atoms in total. The lowest BCUT2D eigenvalue weighted by atomic mass is 10.1. The predicted molar refractivity (Wildman–Crippen MR) is 104 cm³/mol. The number of nitrogens with zero attached hydrogens (tertiary/aromatic N) is 1. The van der Waals surface area contributed by atoms with Gasteiger partial charge in [0.1, 0.15) is 5.75 Å². The van der Waals surface area contributed by atoms with Crippen LogP contribution in [0.3, 0.4) is 0 Å². The van der Waals surface area contributed by atoms with E-state index in [1.165, 1.54) is 4.90 Å². The zero-order chi connectivity index (χ0) is 19.3. The van der Waals surface area contributed by atoms with Gasteiger partial charge in [-0.2, -0.15) is 0 Å². The highest BCUT2D eigenvalue weighted by atomic mass is 16.5. The Morgan fingerprint density at radius 1 is 1.08 bits per heavy atom. The summed E-state index contributed by atoms with van der Waals surface area (Å²) in [5.41, 5.74) is 4.68. The molecule has 0 aliphatic heterocycles. The van der Waals surface area contributed by atoms with Crippen molar-refractivity contribution in [2.45, 2.75) is 27.2 Å². The van der Waals surface area contributed by atoms with Gasteiger partial charge < -0.3 is 15.0 Å². The predicted octanol–water partition coefficient (Wildman–Crippen LogP) is 3.26. The minimum Gasteiger partial charge on any atom is -0.496 e. The fourth-order valence-corrected chi connectivity index (χ4v) is 2.84. The monoisotopic (exact) mass is 354 g/mol.